The maximum atomic E-state index is 13.7. The van der Waals surface area contributed by atoms with E-state index in [4.69, 9.17) is 0 Å². The molecule has 0 aromatic heterocycles. The maximum Gasteiger partial charge on any atom is 0.319 e. The lowest BCUT2D eigenvalue weighted by Crippen LogP contribution is -2.38. The van der Waals surface area contributed by atoms with E-state index < -0.39 is 23.8 Å². The molecule has 1 aliphatic rings. The van der Waals surface area contributed by atoms with E-state index in [1.54, 1.807) is 24.3 Å². The minimum atomic E-state index is -1.31. The summed E-state index contributed by atoms with van der Waals surface area (Å²) in [5.41, 5.74) is 1.27. The van der Waals surface area contributed by atoms with Crippen molar-refractivity contribution in [3.8, 4) is 0 Å². The minimum absolute atomic E-state index is 0.0933. The monoisotopic (exact) mass is 435 g/mol. The molecule has 0 bridgehead atoms. The summed E-state index contributed by atoms with van der Waals surface area (Å²) in [5, 5.41) is 15.0. The van der Waals surface area contributed by atoms with Crippen LogP contribution in [-0.2, 0) is 11.2 Å². The molecule has 1 atom stereocenters. The highest BCUT2D eigenvalue weighted by atomic mass is 32.2. The van der Waals surface area contributed by atoms with E-state index in [2.05, 4.69) is 10.6 Å². The molecule has 3 amide bonds. The number of anilines is 1. The number of amides is 3. The Morgan fingerprint density at radius 1 is 1.10 bits per heavy atom. The van der Waals surface area contributed by atoms with Gasteiger partial charge in [-0.2, -0.15) is 11.8 Å². The molecule has 1 aliphatic heterocycles. The number of aliphatic hydroxyl groups excluding tert-OH is 1. The second kappa shape index (κ2) is 10.4. The van der Waals surface area contributed by atoms with Gasteiger partial charge in [0, 0.05) is 48.5 Å². The fourth-order valence-electron chi connectivity index (χ4n) is 3.05. The van der Waals surface area contributed by atoms with Gasteiger partial charge in [-0.25, -0.2) is 13.6 Å². The Kier molecular flexibility index (Phi) is 7.64. The quantitative estimate of drug-likeness (QED) is 0.652. The SMILES string of the molecule is O=C(NCC(O)c1ccc(F)cc1F)Nc1ccc(CC(=O)N2CCSCC2)cc1. The minimum Gasteiger partial charge on any atom is -0.386 e. The van der Waals surface area contributed by atoms with E-state index in [0.717, 1.165) is 42.3 Å². The number of carbonyl (C=O) groups excluding carboxylic acids is 2. The zero-order valence-corrected chi connectivity index (χ0v) is 17.1. The van der Waals surface area contributed by atoms with Gasteiger partial charge < -0.3 is 20.6 Å². The summed E-state index contributed by atoms with van der Waals surface area (Å²) in [6.07, 6.45) is -0.995. The largest absolute Gasteiger partial charge is 0.386 e. The lowest BCUT2D eigenvalue weighted by molar-refractivity contribution is -0.130. The first-order valence-electron chi connectivity index (χ1n) is 9.54. The average Bonchev–Trinajstić information content (AvgIpc) is 2.74. The Hall–Kier alpha value is -2.65. The molecule has 2 aromatic rings. The molecule has 160 valence electrons. The topological polar surface area (TPSA) is 81.7 Å². The Morgan fingerprint density at radius 2 is 1.80 bits per heavy atom. The van der Waals surface area contributed by atoms with E-state index in [1.807, 2.05) is 16.7 Å². The van der Waals surface area contributed by atoms with Crippen molar-refractivity contribution in [3.05, 3.63) is 65.2 Å². The molecule has 1 saturated heterocycles. The number of thioether (sulfide) groups is 1. The molecule has 0 radical (unpaired) electrons. The van der Waals surface area contributed by atoms with Gasteiger partial charge >= 0.3 is 6.03 Å². The molecule has 0 saturated carbocycles. The maximum absolute atomic E-state index is 13.7. The van der Waals surface area contributed by atoms with Gasteiger partial charge in [0.1, 0.15) is 11.6 Å². The van der Waals surface area contributed by atoms with Crippen LogP contribution in [-0.4, -0.2) is 53.1 Å². The van der Waals surface area contributed by atoms with E-state index in [9.17, 15) is 23.5 Å². The third kappa shape index (κ3) is 6.17. The van der Waals surface area contributed by atoms with Crippen LogP contribution in [0.2, 0.25) is 0 Å². The molecule has 2 aromatic carbocycles. The Labute approximate surface area is 177 Å². The predicted octanol–water partition coefficient (Wildman–Crippen LogP) is 2.94. The van der Waals surface area contributed by atoms with Crippen molar-refractivity contribution in [2.45, 2.75) is 12.5 Å². The summed E-state index contributed by atoms with van der Waals surface area (Å²) < 4.78 is 26.6. The predicted molar refractivity (Wildman–Crippen MR) is 112 cm³/mol. The van der Waals surface area contributed by atoms with Crippen molar-refractivity contribution < 1.29 is 23.5 Å². The summed E-state index contributed by atoms with van der Waals surface area (Å²) in [5.74, 6) is 0.404. The number of aliphatic hydroxyl groups is 1. The van der Waals surface area contributed by atoms with Gasteiger partial charge in [-0.1, -0.05) is 18.2 Å². The van der Waals surface area contributed by atoms with Crippen molar-refractivity contribution in [1.82, 2.24) is 10.2 Å². The smallest absolute Gasteiger partial charge is 0.319 e. The van der Waals surface area contributed by atoms with Crippen LogP contribution in [0.4, 0.5) is 19.3 Å². The average molecular weight is 435 g/mol. The highest BCUT2D eigenvalue weighted by Gasteiger charge is 2.17. The number of urea groups is 1. The molecular weight excluding hydrogens is 412 g/mol. The zero-order chi connectivity index (χ0) is 21.5. The van der Waals surface area contributed by atoms with Gasteiger partial charge in [-0.15, -0.1) is 0 Å². The molecule has 1 unspecified atom stereocenters. The van der Waals surface area contributed by atoms with Gasteiger partial charge in [0.2, 0.25) is 5.91 Å². The summed E-state index contributed by atoms with van der Waals surface area (Å²) in [6, 6.07) is 9.19. The molecule has 0 aliphatic carbocycles. The second-order valence-corrected chi connectivity index (χ2v) is 8.11. The Bertz CT molecular complexity index is 890. The first-order chi connectivity index (χ1) is 14.4. The lowest BCUT2D eigenvalue weighted by Gasteiger charge is -2.26. The number of halogens is 2. The van der Waals surface area contributed by atoms with Crippen molar-refractivity contribution in [3.63, 3.8) is 0 Å². The first kappa shape index (κ1) is 22.0. The fraction of sp³-hybridized carbons (Fsp3) is 0.333. The van der Waals surface area contributed by atoms with Crippen LogP contribution in [0.5, 0.6) is 0 Å². The Morgan fingerprint density at radius 3 is 2.47 bits per heavy atom. The van der Waals surface area contributed by atoms with Crippen LogP contribution in [0, 0.1) is 11.6 Å². The van der Waals surface area contributed by atoms with Crippen LogP contribution in [0.25, 0.3) is 0 Å². The molecular formula is C21H23F2N3O3S. The van der Waals surface area contributed by atoms with E-state index in [0.29, 0.717) is 18.2 Å². The lowest BCUT2D eigenvalue weighted by atomic mass is 10.1. The highest BCUT2D eigenvalue weighted by Crippen LogP contribution is 2.18. The van der Waals surface area contributed by atoms with Crippen LogP contribution in [0.1, 0.15) is 17.2 Å². The number of hydrogen-bond acceptors (Lipinski definition) is 4. The normalized spacial score (nSPS) is 14.8. The fourth-order valence-corrected chi connectivity index (χ4v) is 3.95. The number of hydrogen-bond donors (Lipinski definition) is 3. The number of nitrogens with one attached hydrogen (secondary N) is 2. The van der Waals surface area contributed by atoms with Gasteiger partial charge in [0.15, 0.2) is 0 Å². The molecule has 30 heavy (non-hydrogen) atoms. The molecule has 9 heteroatoms. The van der Waals surface area contributed by atoms with E-state index in [1.165, 1.54) is 0 Å². The molecule has 0 spiro atoms. The van der Waals surface area contributed by atoms with Crippen molar-refractivity contribution in [1.29, 1.82) is 0 Å². The van der Waals surface area contributed by atoms with Gasteiger partial charge in [-0.3, -0.25) is 4.79 Å². The van der Waals surface area contributed by atoms with Crippen LogP contribution in [0.3, 0.4) is 0 Å². The summed E-state index contributed by atoms with van der Waals surface area (Å²) in [6.45, 7) is 1.31. The van der Waals surface area contributed by atoms with Gasteiger partial charge in [0.05, 0.1) is 12.5 Å². The van der Waals surface area contributed by atoms with Crippen LogP contribution < -0.4 is 10.6 Å². The number of rotatable bonds is 6. The van der Waals surface area contributed by atoms with Crippen molar-refractivity contribution >= 4 is 29.4 Å². The molecule has 3 rings (SSSR count). The summed E-state index contributed by atoms with van der Waals surface area (Å²) in [4.78, 5) is 26.2. The molecule has 3 N–H and O–H groups in total. The zero-order valence-electron chi connectivity index (χ0n) is 16.2. The van der Waals surface area contributed by atoms with Crippen molar-refractivity contribution in [2.75, 3.05) is 36.5 Å². The van der Waals surface area contributed by atoms with Gasteiger partial charge in [-0.05, 0) is 23.8 Å². The third-order valence-electron chi connectivity index (χ3n) is 4.71. The number of carbonyl (C=O) groups is 2. The van der Waals surface area contributed by atoms with E-state index in [-0.39, 0.29) is 18.0 Å². The van der Waals surface area contributed by atoms with Crippen LogP contribution >= 0.6 is 11.8 Å². The third-order valence-corrected chi connectivity index (χ3v) is 5.65. The van der Waals surface area contributed by atoms with Crippen LogP contribution in [0.15, 0.2) is 42.5 Å². The standard InChI is InChI=1S/C21H23F2N3O3S/c22-15-3-6-17(18(23)12-15)19(27)13-24-21(29)25-16-4-1-14(2-5-16)11-20(28)26-7-9-30-10-8-26/h1-6,12,19,27H,7-11,13H2,(H2,24,25,29). The molecule has 1 heterocycles. The van der Waals surface area contributed by atoms with Gasteiger partial charge in [0.25, 0.3) is 0 Å². The molecule has 6 nitrogen and oxygen atoms in total. The second-order valence-electron chi connectivity index (χ2n) is 6.88. The van der Waals surface area contributed by atoms with E-state index >= 15 is 0 Å². The number of benzene rings is 2. The van der Waals surface area contributed by atoms with Crippen molar-refractivity contribution in [2.24, 2.45) is 0 Å². The summed E-state index contributed by atoms with van der Waals surface area (Å²) in [7, 11) is 0. The molecule has 1 fully saturated rings. The number of nitrogens with zero attached hydrogens (tertiary/aromatic N) is 1. The summed E-state index contributed by atoms with van der Waals surface area (Å²) >= 11 is 1.85. The highest BCUT2D eigenvalue weighted by molar-refractivity contribution is 7.99. The Balaban J connectivity index is 1.46. The first-order valence-corrected chi connectivity index (χ1v) is 10.7.